The third-order valence-corrected chi connectivity index (χ3v) is 1.48. The Morgan fingerprint density at radius 1 is 1.53 bits per heavy atom. The fourth-order valence-electron chi connectivity index (χ4n) is 0.842. The molecule has 78 valence electrons. The predicted molar refractivity (Wildman–Crippen MR) is 52.2 cm³/mol. The van der Waals surface area contributed by atoms with E-state index in [1.165, 1.54) is 19.3 Å². The molecule has 1 amide bonds. The van der Waals surface area contributed by atoms with Crippen LogP contribution in [0.5, 0.6) is 0 Å². The highest BCUT2D eigenvalue weighted by Crippen LogP contribution is 1.91. The van der Waals surface area contributed by atoms with E-state index in [0.717, 1.165) is 0 Å². The summed E-state index contributed by atoms with van der Waals surface area (Å²) in [5.41, 5.74) is 0.555. The van der Waals surface area contributed by atoms with E-state index < -0.39 is 6.08 Å². The third-order valence-electron chi connectivity index (χ3n) is 1.48. The van der Waals surface area contributed by atoms with Crippen LogP contribution >= 0.6 is 0 Å². The summed E-state index contributed by atoms with van der Waals surface area (Å²) < 4.78 is 12.3. The highest BCUT2D eigenvalue weighted by molar-refractivity contribution is 5.72. The van der Waals surface area contributed by atoms with Gasteiger partial charge in [0.25, 0.3) is 0 Å². The van der Waals surface area contributed by atoms with Crippen molar-refractivity contribution in [3.8, 4) is 11.8 Å². The average Bonchev–Trinajstić information content (AvgIpc) is 2.20. The standard InChI is InChI=1S/C10H10FN3O/c1-8(15)12-5-3-2-4-9-6-13-10(11)14-7-9/h6-7H,3,5H2,1H3,(H,12,15). The first-order chi connectivity index (χ1) is 7.18. The number of rotatable bonds is 2. The van der Waals surface area contributed by atoms with E-state index in [1.54, 1.807) is 0 Å². The Kier molecular flexibility index (Phi) is 4.23. The van der Waals surface area contributed by atoms with Gasteiger partial charge in [0.05, 0.1) is 5.56 Å². The third kappa shape index (κ3) is 4.72. The van der Waals surface area contributed by atoms with Crippen LogP contribution < -0.4 is 5.32 Å². The second-order valence-electron chi connectivity index (χ2n) is 2.78. The number of nitrogens with one attached hydrogen (secondary N) is 1. The van der Waals surface area contributed by atoms with Gasteiger partial charge in [-0.3, -0.25) is 4.79 Å². The first-order valence-electron chi connectivity index (χ1n) is 4.39. The molecule has 0 atom stereocenters. The molecular weight excluding hydrogens is 197 g/mol. The van der Waals surface area contributed by atoms with Crippen LogP contribution in [0.25, 0.3) is 0 Å². The molecule has 1 N–H and O–H groups in total. The molecule has 0 aromatic carbocycles. The quantitative estimate of drug-likeness (QED) is 0.436. The fourth-order valence-corrected chi connectivity index (χ4v) is 0.842. The van der Waals surface area contributed by atoms with E-state index >= 15 is 0 Å². The van der Waals surface area contributed by atoms with Crippen molar-refractivity contribution in [2.24, 2.45) is 0 Å². The minimum atomic E-state index is -0.765. The molecule has 0 aliphatic heterocycles. The van der Waals surface area contributed by atoms with Crippen molar-refractivity contribution < 1.29 is 9.18 Å². The molecule has 1 rings (SSSR count). The highest BCUT2D eigenvalue weighted by atomic mass is 19.1. The first kappa shape index (κ1) is 11.1. The van der Waals surface area contributed by atoms with Crippen molar-refractivity contribution in [2.45, 2.75) is 13.3 Å². The molecule has 0 saturated carbocycles. The van der Waals surface area contributed by atoms with Gasteiger partial charge in [-0.05, 0) is 0 Å². The van der Waals surface area contributed by atoms with Gasteiger partial charge >= 0.3 is 6.08 Å². The summed E-state index contributed by atoms with van der Waals surface area (Å²) >= 11 is 0. The van der Waals surface area contributed by atoms with Crippen LogP contribution in [0.4, 0.5) is 4.39 Å². The number of hydrogen-bond donors (Lipinski definition) is 1. The van der Waals surface area contributed by atoms with E-state index in [0.29, 0.717) is 18.5 Å². The zero-order chi connectivity index (χ0) is 11.1. The van der Waals surface area contributed by atoms with E-state index in [2.05, 4.69) is 27.1 Å². The van der Waals surface area contributed by atoms with E-state index in [1.807, 2.05) is 0 Å². The highest BCUT2D eigenvalue weighted by Gasteiger charge is 1.91. The largest absolute Gasteiger partial charge is 0.355 e. The van der Waals surface area contributed by atoms with Crippen LogP contribution in [0.2, 0.25) is 0 Å². The van der Waals surface area contributed by atoms with E-state index in [-0.39, 0.29) is 5.91 Å². The van der Waals surface area contributed by atoms with Crippen LogP contribution in [0.1, 0.15) is 18.9 Å². The zero-order valence-electron chi connectivity index (χ0n) is 8.25. The van der Waals surface area contributed by atoms with Gasteiger partial charge in [-0.15, -0.1) is 0 Å². The van der Waals surface area contributed by atoms with Crippen molar-refractivity contribution in [1.82, 2.24) is 15.3 Å². The van der Waals surface area contributed by atoms with Crippen molar-refractivity contribution in [3.05, 3.63) is 24.0 Å². The summed E-state index contributed by atoms with van der Waals surface area (Å²) in [5, 5.41) is 2.61. The topological polar surface area (TPSA) is 54.9 Å². The molecule has 0 fully saturated rings. The molecule has 5 heteroatoms. The number of carbonyl (C=O) groups excluding carboxylic acids is 1. The Hall–Kier alpha value is -1.96. The van der Waals surface area contributed by atoms with Crippen LogP contribution in [-0.2, 0) is 4.79 Å². The number of hydrogen-bond acceptors (Lipinski definition) is 3. The van der Waals surface area contributed by atoms with Gasteiger partial charge in [0.1, 0.15) is 0 Å². The molecule has 1 aromatic heterocycles. The van der Waals surface area contributed by atoms with E-state index in [9.17, 15) is 9.18 Å². The molecule has 0 aliphatic rings. The molecule has 0 spiro atoms. The second kappa shape index (κ2) is 5.70. The van der Waals surface area contributed by atoms with Crippen molar-refractivity contribution in [3.63, 3.8) is 0 Å². The lowest BCUT2D eigenvalue weighted by Gasteiger charge is -1.94. The fraction of sp³-hybridized carbons (Fsp3) is 0.300. The molecule has 15 heavy (non-hydrogen) atoms. The van der Waals surface area contributed by atoms with Crippen LogP contribution in [-0.4, -0.2) is 22.4 Å². The molecule has 0 radical (unpaired) electrons. The Morgan fingerprint density at radius 3 is 2.80 bits per heavy atom. The number of nitrogens with zero attached hydrogens (tertiary/aromatic N) is 2. The average molecular weight is 207 g/mol. The molecule has 4 nitrogen and oxygen atoms in total. The zero-order valence-corrected chi connectivity index (χ0v) is 8.25. The predicted octanol–water partition coefficient (Wildman–Crippen LogP) is 0.493. The monoisotopic (exact) mass is 207 g/mol. The lowest BCUT2D eigenvalue weighted by molar-refractivity contribution is -0.118. The SMILES string of the molecule is CC(=O)NCCC#Cc1cnc(F)nc1. The summed E-state index contributed by atoms with van der Waals surface area (Å²) in [7, 11) is 0. The number of carbonyl (C=O) groups is 1. The Morgan fingerprint density at radius 2 is 2.20 bits per heavy atom. The van der Waals surface area contributed by atoms with Gasteiger partial charge in [-0.2, -0.15) is 4.39 Å². The van der Waals surface area contributed by atoms with Gasteiger partial charge in [0.15, 0.2) is 0 Å². The molecule has 0 saturated heterocycles. The lowest BCUT2D eigenvalue weighted by atomic mass is 10.3. The first-order valence-corrected chi connectivity index (χ1v) is 4.39. The van der Waals surface area contributed by atoms with Crippen LogP contribution in [0.15, 0.2) is 12.4 Å². The Balaban J connectivity index is 2.38. The maximum Gasteiger partial charge on any atom is 0.308 e. The molecule has 0 unspecified atom stereocenters. The van der Waals surface area contributed by atoms with Crippen LogP contribution in [0, 0.1) is 17.9 Å². The van der Waals surface area contributed by atoms with E-state index in [4.69, 9.17) is 0 Å². The normalized spacial score (nSPS) is 8.93. The molecule has 1 aromatic rings. The van der Waals surface area contributed by atoms with Gasteiger partial charge in [0.2, 0.25) is 5.91 Å². The van der Waals surface area contributed by atoms with Crippen molar-refractivity contribution in [1.29, 1.82) is 0 Å². The van der Waals surface area contributed by atoms with Crippen molar-refractivity contribution in [2.75, 3.05) is 6.54 Å². The minimum absolute atomic E-state index is 0.0816. The summed E-state index contributed by atoms with van der Waals surface area (Å²) in [6, 6.07) is 0. The summed E-state index contributed by atoms with van der Waals surface area (Å²) in [6.45, 7) is 1.95. The van der Waals surface area contributed by atoms with Gasteiger partial charge < -0.3 is 5.32 Å². The summed E-state index contributed by atoms with van der Waals surface area (Å²) in [5.74, 6) is 5.48. The molecular formula is C10H10FN3O. The Labute approximate surface area is 86.9 Å². The van der Waals surface area contributed by atoms with Gasteiger partial charge in [-0.25, -0.2) is 9.97 Å². The smallest absolute Gasteiger partial charge is 0.308 e. The maximum absolute atomic E-state index is 12.3. The van der Waals surface area contributed by atoms with Gasteiger partial charge in [-0.1, -0.05) is 11.8 Å². The minimum Gasteiger partial charge on any atom is -0.355 e. The maximum atomic E-state index is 12.3. The van der Waals surface area contributed by atoms with Gasteiger partial charge in [0, 0.05) is 32.3 Å². The molecule has 0 bridgehead atoms. The van der Waals surface area contributed by atoms with Crippen LogP contribution in [0.3, 0.4) is 0 Å². The number of amides is 1. The molecule has 0 aliphatic carbocycles. The Bertz CT molecular complexity index is 391. The second-order valence-corrected chi connectivity index (χ2v) is 2.78. The summed E-state index contributed by atoms with van der Waals surface area (Å²) in [4.78, 5) is 17.2. The molecule has 1 heterocycles. The number of aromatic nitrogens is 2. The summed E-state index contributed by atoms with van der Waals surface area (Å²) in [6.07, 6.45) is 2.40. The number of halogens is 1. The lowest BCUT2D eigenvalue weighted by Crippen LogP contribution is -2.20. The van der Waals surface area contributed by atoms with Crippen molar-refractivity contribution >= 4 is 5.91 Å².